The van der Waals surface area contributed by atoms with Gasteiger partial charge in [-0.1, -0.05) is 55.0 Å². The lowest BCUT2D eigenvalue weighted by Gasteiger charge is -2.37. The molecule has 4 nitrogen and oxygen atoms in total. The minimum atomic E-state index is -0.117. The number of piperidine rings is 1. The molecule has 0 spiro atoms. The number of aryl methyl sites for hydroxylation is 1. The first-order valence-corrected chi connectivity index (χ1v) is 10.4. The molecule has 4 heteroatoms. The molecule has 1 heterocycles. The second kappa shape index (κ2) is 10.9. The highest BCUT2D eigenvalue weighted by atomic mass is 16.5. The molecule has 1 aliphatic rings. The van der Waals surface area contributed by atoms with Gasteiger partial charge in [0.2, 0.25) is 0 Å². The van der Waals surface area contributed by atoms with Crippen LogP contribution in [0.1, 0.15) is 37.7 Å². The van der Waals surface area contributed by atoms with E-state index in [1.807, 2.05) is 24.3 Å². The molecular formula is C24H32N2O2. The molecule has 0 aromatic heterocycles. The van der Waals surface area contributed by atoms with Crippen molar-refractivity contribution in [2.24, 2.45) is 0 Å². The maximum atomic E-state index is 12.7. The van der Waals surface area contributed by atoms with Crippen LogP contribution in [0.4, 0.5) is 5.69 Å². The lowest BCUT2D eigenvalue weighted by atomic mass is 10.0. The molecule has 1 fully saturated rings. The van der Waals surface area contributed by atoms with E-state index in [-0.39, 0.29) is 12.0 Å². The van der Waals surface area contributed by atoms with Crippen LogP contribution in [0.2, 0.25) is 0 Å². The fraction of sp³-hybridized carbons (Fsp3) is 0.458. The van der Waals surface area contributed by atoms with Crippen LogP contribution in [0.5, 0.6) is 0 Å². The van der Waals surface area contributed by atoms with Crippen molar-refractivity contribution < 1.29 is 9.53 Å². The largest absolute Gasteiger partial charge is 0.465 e. The SMILES string of the molecule is CN(CN1CCCC[C@H]1C(=O)OCCCCc1ccccc1)c1ccccc1. The number of ether oxygens (including phenoxy) is 1. The topological polar surface area (TPSA) is 32.8 Å². The molecule has 1 atom stereocenters. The van der Waals surface area contributed by atoms with E-state index in [1.54, 1.807) is 0 Å². The van der Waals surface area contributed by atoms with Gasteiger partial charge in [-0.25, -0.2) is 0 Å². The number of likely N-dealkylation sites (tertiary alicyclic amines) is 1. The molecule has 0 unspecified atom stereocenters. The zero-order valence-corrected chi connectivity index (χ0v) is 16.9. The average Bonchev–Trinajstić information content (AvgIpc) is 2.75. The predicted octanol–water partition coefficient (Wildman–Crippen LogP) is 4.50. The Labute approximate surface area is 169 Å². The first kappa shape index (κ1) is 20.4. The zero-order valence-electron chi connectivity index (χ0n) is 16.9. The number of anilines is 1. The minimum Gasteiger partial charge on any atom is -0.465 e. The van der Waals surface area contributed by atoms with Crippen molar-refractivity contribution in [1.29, 1.82) is 0 Å². The second-order valence-corrected chi connectivity index (χ2v) is 7.61. The van der Waals surface area contributed by atoms with Crippen molar-refractivity contribution in [2.75, 3.05) is 31.8 Å². The Balaban J connectivity index is 1.43. The van der Waals surface area contributed by atoms with Crippen LogP contribution in [-0.2, 0) is 16.0 Å². The van der Waals surface area contributed by atoms with E-state index < -0.39 is 0 Å². The Morgan fingerprint density at radius 2 is 1.75 bits per heavy atom. The molecule has 0 aliphatic carbocycles. The number of carbonyl (C=O) groups is 1. The molecule has 0 N–H and O–H groups in total. The van der Waals surface area contributed by atoms with Crippen LogP contribution >= 0.6 is 0 Å². The van der Waals surface area contributed by atoms with Crippen molar-refractivity contribution in [1.82, 2.24) is 4.90 Å². The summed E-state index contributed by atoms with van der Waals surface area (Å²) in [6.45, 7) is 2.22. The van der Waals surface area contributed by atoms with Crippen molar-refractivity contribution in [3.8, 4) is 0 Å². The summed E-state index contributed by atoms with van der Waals surface area (Å²) in [5.74, 6) is -0.0547. The molecule has 28 heavy (non-hydrogen) atoms. The fourth-order valence-corrected chi connectivity index (χ4v) is 3.81. The molecule has 2 aromatic carbocycles. The highest BCUT2D eigenvalue weighted by Crippen LogP contribution is 2.20. The number of unbranched alkanes of at least 4 members (excludes halogenated alkanes) is 1. The summed E-state index contributed by atoms with van der Waals surface area (Å²) in [5.41, 5.74) is 2.51. The zero-order chi connectivity index (χ0) is 19.6. The van der Waals surface area contributed by atoms with Gasteiger partial charge in [-0.15, -0.1) is 0 Å². The van der Waals surface area contributed by atoms with Gasteiger partial charge in [0.15, 0.2) is 0 Å². The highest BCUT2D eigenvalue weighted by Gasteiger charge is 2.30. The summed E-state index contributed by atoms with van der Waals surface area (Å²) in [6, 6.07) is 20.7. The number of rotatable bonds is 9. The number of para-hydroxylation sites is 1. The first-order chi connectivity index (χ1) is 13.7. The fourth-order valence-electron chi connectivity index (χ4n) is 3.81. The predicted molar refractivity (Wildman–Crippen MR) is 114 cm³/mol. The molecule has 150 valence electrons. The van der Waals surface area contributed by atoms with Crippen molar-refractivity contribution >= 4 is 11.7 Å². The van der Waals surface area contributed by atoms with Gasteiger partial charge in [-0.3, -0.25) is 9.69 Å². The third kappa shape index (κ3) is 6.10. The summed E-state index contributed by atoms with van der Waals surface area (Å²) in [6.07, 6.45) is 6.13. The number of benzene rings is 2. The van der Waals surface area contributed by atoms with Gasteiger partial charge in [0.1, 0.15) is 6.04 Å². The number of hydrogen-bond donors (Lipinski definition) is 0. The summed E-state index contributed by atoms with van der Waals surface area (Å²) < 4.78 is 5.64. The van der Waals surface area contributed by atoms with E-state index in [0.29, 0.717) is 6.61 Å². The van der Waals surface area contributed by atoms with E-state index >= 15 is 0 Å². The number of hydrogen-bond acceptors (Lipinski definition) is 4. The Hall–Kier alpha value is -2.33. The molecular weight excluding hydrogens is 348 g/mol. The summed E-state index contributed by atoms with van der Waals surface area (Å²) in [5, 5.41) is 0. The van der Waals surface area contributed by atoms with Gasteiger partial charge in [0.25, 0.3) is 0 Å². The average molecular weight is 381 g/mol. The lowest BCUT2D eigenvalue weighted by Crippen LogP contribution is -2.49. The number of carbonyl (C=O) groups excluding carboxylic acids is 1. The number of nitrogens with zero attached hydrogens (tertiary/aromatic N) is 2. The molecule has 0 amide bonds. The Kier molecular flexibility index (Phi) is 7.92. The molecule has 3 rings (SSSR count). The van der Waals surface area contributed by atoms with Crippen LogP contribution < -0.4 is 4.90 Å². The van der Waals surface area contributed by atoms with Gasteiger partial charge < -0.3 is 9.64 Å². The summed E-state index contributed by atoms with van der Waals surface area (Å²) in [7, 11) is 2.08. The summed E-state index contributed by atoms with van der Waals surface area (Å²) in [4.78, 5) is 17.1. The van der Waals surface area contributed by atoms with Crippen LogP contribution in [0.25, 0.3) is 0 Å². The second-order valence-electron chi connectivity index (χ2n) is 7.61. The van der Waals surface area contributed by atoms with Crippen molar-refractivity contribution in [3.05, 3.63) is 66.2 Å². The molecule has 2 aromatic rings. The summed E-state index contributed by atoms with van der Waals surface area (Å²) >= 11 is 0. The lowest BCUT2D eigenvalue weighted by molar-refractivity contribution is -0.151. The van der Waals surface area contributed by atoms with Crippen LogP contribution in [0.3, 0.4) is 0 Å². The highest BCUT2D eigenvalue weighted by molar-refractivity contribution is 5.76. The number of esters is 1. The van der Waals surface area contributed by atoms with E-state index in [9.17, 15) is 4.79 Å². The smallest absolute Gasteiger partial charge is 0.323 e. The van der Waals surface area contributed by atoms with E-state index in [4.69, 9.17) is 4.74 Å². The third-order valence-corrected chi connectivity index (χ3v) is 5.42. The molecule has 1 aliphatic heterocycles. The van der Waals surface area contributed by atoms with E-state index in [0.717, 1.165) is 51.7 Å². The first-order valence-electron chi connectivity index (χ1n) is 10.4. The Bertz CT molecular complexity index is 705. The normalized spacial score (nSPS) is 17.2. The van der Waals surface area contributed by atoms with Crippen LogP contribution in [-0.4, -0.2) is 43.8 Å². The molecule has 0 radical (unpaired) electrons. The van der Waals surface area contributed by atoms with Crippen LogP contribution in [0.15, 0.2) is 60.7 Å². The van der Waals surface area contributed by atoms with Gasteiger partial charge in [-0.2, -0.15) is 0 Å². The van der Waals surface area contributed by atoms with Gasteiger partial charge in [-0.05, 0) is 49.8 Å². The minimum absolute atomic E-state index is 0.0547. The monoisotopic (exact) mass is 380 g/mol. The maximum absolute atomic E-state index is 12.7. The molecule has 0 saturated carbocycles. The maximum Gasteiger partial charge on any atom is 0.323 e. The van der Waals surface area contributed by atoms with Gasteiger partial charge in [0, 0.05) is 19.3 Å². The Morgan fingerprint density at radius 3 is 2.50 bits per heavy atom. The van der Waals surface area contributed by atoms with Crippen LogP contribution in [0, 0.1) is 0 Å². The van der Waals surface area contributed by atoms with E-state index in [2.05, 4.69) is 53.2 Å². The van der Waals surface area contributed by atoms with Crippen molar-refractivity contribution in [2.45, 2.75) is 44.6 Å². The van der Waals surface area contributed by atoms with Gasteiger partial charge >= 0.3 is 5.97 Å². The van der Waals surface area contributed by atoms with E-state index in [1.165, 1.54) is 11.3 Å². The third-order valence-electron chi connectivity index (χ3n) is 5.42. The van der Waals surface area contributed by atoms with Gasteiger partial charge in [0.05, 0.1) is 13.3 Å². The molecule has 1 saturated heterocycles. The quantitative estimate of drug-likeness (QED) is 0.474. The molecule has 0 bridgehead atoms. The standard InChI is InChI=1S/C24H32N2O2/c1-25(22-15-6-3-7-16-22)20-26-18-10-8-17-23(26)24(27)28-19-11-9-14-21-12-4-2-5-13-21/h2-7,12-13,15-16,23H,8-11,14,17-20H2,1H3/t23-/m0/s1. The van der Waals surface area contributed by atoms with Crippen molar-refractivity contribution in [3.63, 3.8) is 0 Å². The Morgan fingerprint density at radius 1 is 1.04 bits per heavy atom.